The molecule has 0 radical (unpaired) electrons. The number of sulfonamides is 1. The first kappa shape index (κ1) is 22.1. The number of carbonyl (C=O) groups is 2. The molecule has 33 heavy (non-hydrogen) atoms. The molecule has 3 heterocycles. The zero-order valence-corrected chi connectivity index (χ0v) is 20.0. The predicted octanol–water partition coefficient (Wildman–Crippen LogP) is 2.77. The van der Waals surface area contributed by atoms with E-state index in [9.17, 15) is 18.0 Å². The second-order valence-corrected chi connectivity index (χ2v) is 11.7. The Morgan fingerprint density at radius 1 is 1.18 bits per heavy atom. The molecule has 3 N–H and O–H groups in total. The molecule has 0 spiro atoms. The molecule has 2 aliphatic heterocycles. The summed E-state index contributed by atoms with van der Waals surface area (Å²) in [6.45, 7) is 3.25. The molecule has 1 atom stereocenters. The highest BCUT2D eigenvalue weighted by Gasteiger charge is 2.35. The van der Waals surface area contributed by atoms with Crippen LogP contribution < -0.4 is 11.1 Å². The zero-order valence-electron chi connectivity index (χ0n) is 18.3. The summed E-state index contributed by atoms with van der Waals surface area (Å²) in [5.41, 5.74) is 7.75. The lowest BCUT2D eigenvalue weighted by molar-refractivity contribution is -0.120. The Labute approximate surface area is 196 Å². The first-order valence-electron chi connectivity index (χ1n) is 11.2. The van der Waals surface area contributed by atoms with Gasteiger partial charge in [0.2, 0.25) is 5.91 Å². The molecule has 0 bridgehead atoms. The van der Waals surface area contributed by atoms with Crippen LogP contribution in [-0.2, 0) is 27.7 Å². The van der Waals surface area contributed by atoms with Gasteiger partial charge in [-0.2, -0.15) is 8.42 Å². The number of thiophene rings is 1. The van der Waals surface area contributed by atoms with Gasteiger partial charge < -0.3 is 16.0 Å². The van der Waals surface area contributed by atoms with E-state index < -0.39 is 15.9 Å². The Balaban J connectivity index is 1.29. The van der Waals surface area contributed by atoms with Crippen LogP contribution in [0.1, 0.15) is 52.5 Å². The molecule has 2 aromatic rings. The van der Waals surface area contributed by atoms with Crippen LogP contribution in [0, 0.1) is 11.8 Å². The van der Waals surface area contributed by atoms with E-state index in [0.717, 1.165) is 29.7 Å². The number of nitrogens with one attached hydrogen (secondary N) is 1. The van der Waals surface area contributed by atoms with Crippen molar-refractivity contribution in [2.45, 2.75) is 43.9 Å². The van der Waals surface area contributed by atoms with Crippen LogP contribution >= 0.6 is 11.3 Å². The van der Waals surface area contributed by atoms with Crippen LogP contribution in [0.2, 0.25) is 0 Å². The van der Waals surface area contributed by atoms with Crippen molar-refractivity contribution in [3.8, 4) is 0 Å². The number of nitrogens with two attached hydrogens (primary N) is 1. The maximum Gasteiger partial charge on any atom is 0.285 e. The van der Waals surface area contributed by atoms with E-state index in [-0.39, 0.29) is 16.7 Å². The maximum atomic E-state index is 13.0. The third-order valence-corrected chi connectivity index (χ3v) is 9.27. The number of anilines is 1. The van der Waals surface area contributed by atoms with Gasteiger partial charge >= 0.3 is 0 Å². The van der Waals surface area contributed by atoms with Crippen molar-refractivity contribution in [3.05, 3.63) is 45.8 Å². The van der Waals surface area contributed by atoms with Gasteiger partial charge in [0.25, 0.3) is 15.9 Å². The van der Waals surface area contributed by atoms with Crippen molar-refractivity contribution in [2.24, 2.45) is 22.0 Å². The van der Waals surface area contributed by atoms with Gasteiger partial charge in [-0.1, -0.05) is 19.1 Å². The quantitative estimate of drug-likeness (QED) is 0.691. The smallest absolute Gasteiger partial charge is 0.285 e. The summed E-state index contributed by atoms with van der Waals surface area (Å²) in [5.74, 6) is 0.170. The number of benzene rings is 1. The van der Waals surface area contributed by atoms with Gasteiger partial charge in [0.15, 0.2) is 5.84 Å². The highest BCUT2D eigenvalue weighted by Crippen LogP contribution is 2.40. The molecule has 3 aliphatic rings. The van der Waals surface area contributed by atoms with Crippen molar-refractivity contribution in [1.29, 1.82) is 0 Å². The first-order valence-corrected chi connectivity index (χ1v) is 13.4. The van der Waals surface area contributed by atoms with E-state index in [4.69, 9.17) is 5.73 Å². The molecule has 1 aliphatic carbocycles. The summed E-state index contributed by atoms with van der Waals surface area (Å²) in [7, 11) is -3.67. The number of carbonyl (C=O) groups excluding carboxylic acids is 2. The Bertz CT molecular complexity index is 1270. The SMILES string of the molecule is CC1CCc2c(sc(NC(=O)C3CCN(C4=NS(=O)(=O)c5ccccc54)CC3)c2C(N)=O)C1. The second kappa shape index (κ2) is 8.25. The normalized spacial score (nSPS) is 21.8. The predicted molar refractivity (Wildman–Crippen MR) is 127 cm³/mol. The standard InChI is InChI=1S/C23H26N4O4S2/c1-13-6-7-15-17(12-13)32-23(19(15)20(24)28)25-22(29)14-8-10-27(11-9-14)21-16-4-2-3-5-18(16)33(30,31)26-21/h2-5,13-14H,6-12H2,1H3,(H2,24,28)(H,25,29). The molecule has 1 saturated heterocycles. The number of likely N-dealkylation sites (tertiary alicyclic amines) is 1. The minimum absolute atomic E-state index is 0.120. The average Bonchev–Trinajstić information content (AvgIpc) is 3.27. The number of fused-ring (bicyclic) bond motifs is 2. The number of hydrogen-bond acceptors (Lipinski definition) is 6. The van der Waals surface area contributed by atoms with Gasteiger partial charge in [0, 0.05) is 29.4 Å². The second-order valence-electron chi connectivity index (χ2n) is 9.06. The third kappa shape index (κ3) is 3.95. The van der Waals surface area contributed by atoms with Crippen LogP contribution in [-0.4, -0.2) is 44.1 Å². The highest BCUT2D eigenvalue weighted by atomic mass is 32.2. The van der Waals surface area contributed by atoms with Crippen LogP contribution in [0.15, 0.2) is 33.6 Å². The molecule has 2 amide bonds. The summed E-state index contributed by atoms with van der Waals surface area (Å²) < 4.78 is 28.7. The van der Waals surface area contributed by atoms with Crippen LogP contribution in [0.5, 0.6) is 0 Å². The fraction of sp³-hybridized carbons (Fsp3) is 0.435. The Hall–Kier alpha value is -2.72. The van der Waals surface area contributed by atoms with E-state index in [1.807, 2.05) is 4.90 Å². The van der Waals surface area contributed by atoms with E-state index in [2.05, 4.69) is 16.6 Å². The summed E-state index contributed by atoms with van der Waals surface area (Å²) in [6.07, 6.45) is 3.87. The topological polar surface area (TPSA) is 122 Å². The summed E-state index contributed by atoms with van der Waals surface area (Å²) in [4.78, 5) is 28.5. The summed E-state index contributed by atoms with van der Waals surface area (Å²) in [5, 5.41) is 3.54. The monoisotopic (exact) mass is 486 g/mol. The molecule has 0 saturated carbocycles. The van der Waals surface area contributed by atoms with E-state index in [1.165, 1.54) is 11.3 Å². The van der Waals surface area contributed by atoms with Gasteiger partial charge in [0.1, 0.15) is 9.90 Å². The van der Waals surface area contributed by atoms with Gasteiger partial charge in [0.05, 0.1) is 5.56 Å². The summed E-state index contributed by atoms with van der Waals surface area (Å²) in [6, 6.07) is 6.82. The number of rotatable bonds is 3. The molecular formula is C23H26N4O4S2. The van der Waals surface area contributed by atoms with Crippen molar-refractivity contribution >= 4 is 44.0 Å². The lowest BCUT2D eigenvalue weighted by Gasteiger charge is -2.32. The van der Waals surface area contributed by atoms with Gasteiger partial charge in [-0.25, -0.2) is 0 Å². The van der Waals surface area contributed by atoms with Gasteiger partial charge in [-0.05, 0) is 55.7 Å². The molecule has 10 heteroatoms. The van der Waals surface area contributed by atoms with E-state index in [1.54, 1.807) is 24.3 Å². The molecule has 1 aromatic heterocycles. The molecule has 8 nitrogen and oxygen atoms in total. The fourth-order valence-electron chi connectivity index (χ4n) is 4.98. The first-order chi connectivity index (χ1) is 15.7. The fourth-order valence-corrected chi connectivity index (χ4v) is 7.63. The number of amides is 2. The van der Waals surface area contributed by atoms with Crippen molar-refractivity contribution in [1.82, 2.24) is 4.90 Å². The molecule has 5 rings (SSSR count). The number of primary amides is 1. The van der Waals surface area contributed by atoms with Crippen LogP contribution in [0.4, 0.5) is 5.00 Å². The van der Waals surface area contributed by atoms with Gasteiger partial charge in [-0.3, -0.25) is 9.59 Å². The molecule has 174 valence electrons. The minimum atomic E-state index is -3.67. The molecule has 1 unspecified atom stereocenters. The number of piperidine rings is 1. The van der Waals surface area contributed by atoms with E-state index >= 15 is 0 Å². The molecule has 1 fully saturated rings. The molecular weight excluding hydrogens is 460 g/mol. The Morgan fingerprint density at radius 2 is 1.91 bits per heavy atom. The van der Waals surface area contributed by atoms with Crippen molar-refractivity contribution < 1.29 is 18.0 Å². The van der Waals surface area contributed by atoms with E-state index in [0.29, 0.717) is 53.8 Å². The zero-order chi connectivity index (χ0) is 23.3. The summed E-state index contributed by atoms with van der Waals surface area (Å²) >= 11 is 1.47. The third-order valence-electron chi connectivity index (χ3n) is 6.77. The lowest BCUT2D eigenvalue weighted by Crippen LogP contribution is -2.41. The van der Waals surface area contributed by atoms with Crippen LogP contribution in [0.3, 0.4) is 0 Å². The Morgan fingerprint density at radius 3 is 2.64 bits per heavy atom. The highest BCUT2D eigenvalue weighted by molar-refractivity contribution is 7.90. The lowest BCUT2D eigenvalue weighted by atomic mass is 9.88. The minimum Gasteiger partial charge on any atom is -0.365 e. The number of amidine groups is 1. The van der Waals surface area contributed by atoms with Gasteiger partial charge in [-0.15, -0.1) is 15.7 Å². The Kier molecular flexibility index (Phi) is 5.52. The average molecular weight is 487 g/mol. The van der Waals surface area contributed by atoms with Crippen molar-refractivity contribution in [3.63, 3.8) is 0 Å². The van der Waals surface area contributed by atoms with Crippen molar-refractivity contribution in [2.75, 3.05) is 18.4 Å². The number of nitrogens with zero attached hydrogens (tertiary/aromatic N) is 2. The largest absolute Gasteiger partial charge is 0.365 e. The number of hydrogen-bond donors (Lipinski definition) is 2. The maximum absolute atomic E-state index is 13.0. The molecule has 1 aromatic carbocycles. The van der Waals surface area contributed by atoms with Crippen LogP contribution in [0.25, 0.3) is 0 Å².